The van der Waals surface area contributed by atoms with Crippen LogP contribution in [-0.4, -0.2) is 0 Å². The number of halogens is 1. The Balaban J connectivity index is 2.62. The van der Waals surface area contributed by atoms with Gasteiger partial charge in [-0.1, -0.05) is 0 Å². The van der Waals surface area contributed by atoms with Gasteiger partial charge in [-0.25, -0.2) is 4.39 Å². The lowest BCUT2D eigenvalue weighted by Crippen LogP contribution is -1.88. The van der Waals surface area contributed by atoms with E-state index in [4.69, 9.17) is 5.73 Å². The summed E-state index contributed by atoms with van der Waals surface area (Å²) < 4.78 is 13.6. The summed E-state index contributed by atoms with van der Waals surface area (Å²) >= 11 is 1.59. The molecule has 0 spiro atoms. The van der Waals surface area contributed by atoms with Crippen molar-refractivity contribution in [2.75, 3.05) is 5.73 Å². The second-order valence-electron chi connectivity index (χ2n) is 3.61. The third-order valence-corrected chi connectivity index (χ3v) is 3.46. The molecule has 2 aromatic rings. The predicted molar refractivity (Wildman–Crippen MR) is 63.6 cm³/mol. The fourth-order valence-corrected chi connectivity index (χ4v) is 2.67. The molecular formula is C12H12FNS. The minimum absolute atomic E-state index is 0.214. The van der Waals surface area contributed by atoms with Crippen LogP contribution in [0.3, 0.4) is 0 Å². The van der Waals surface area contributed by atoms with Crippen LogP contribution in [0, 0.1) is 19.7 Å². The van der Waals surface area contributed by atoms with E-state index in [0.717, 1.165) is 10.4 Å². The zero-order valence-corrected chi connectivity index (χ0v) is 9.49. The maximum Gasteiger partial charge on any atom is 0.132 e. The van der Waals surface area contributed by atoms with Gasteiger partial charge in [0.05, 0.1) is 0 Å². The standard InChI is InChI=1S/C12H12FNS/c1-7-5-8(2)15-12(7)10-6-9(14)3-4-11(10)13/h3-6H,14H2,1-2H3. The number of hydrogen-bond donors (Lipinski definition) is 1. The molecule has 78 valence electrons. The molecule has 0 atom stereocenters. The van der Waals surface area contributed by atoms with E-state index < -0.39 is 0 Å². The van der Waals surface area contributed by atoms with Gasteiger partial charge in [-0.15, -0.1) is 11.3 Å². The molecule has 0 radical (unpaired) electrons. The summed E-state index contributed by atoms with van der Waals surface area (Å²) in [4.78, 5) is 2.15. The molecule has 1 aromatic carbocycles. The van der Waals surface area contributed by atoms with Crippen molar-refractivity contribution in [1.82, 2.24) is 0 Å². The number of nitrogens with two attached hydrogens (primary N) is 1. The summed E-state index contributed by atoms with van der Waals surface area (Å²) in [7, 11) is 0. The van der Waals surface area contributed by atoms with Gasteiger partial charge < -0.3 is 5.73 Å². The molecule has 2 rings (SSSR count). The second-order valence-corrected chi connectivity index (χ2v) is 4.86. The summed E-state index contributed by atoms with van der Waals surface area (Å²) in [5, 5.41) is 0. The number of aryl methyl sites for hydroxylation is 2. The highest BCUT2D eigenvalue weighted by Gasteiger charge is 2.10. The molecule has 0 aliphatic rings. The van der Waals surface area contributed by atoms with Gasteiger partial charge in [0.15, 0.2) is 0 Å². The number of benzene rings is 1. The molecule has 0 aliphatic heterocycles. The van der Waals surface area contributed by atoms with E-state index in [1.165, 1.54) is 10.9 Å². The highest BCUT2D eigenvalue weighted by atomic mass is 32.1. The van der Waals surface area contributed by atoms with E-state index in [0.29, 0.717) is 11.3 Å². The van der Waals surface area contributed by atoms with Crippen LogP contribution in [0.5, 0.6) is 0 Å². The van der Waals surface area contributed by atoms with Crippen LogP contribution in [0.15, 0.2) is 24.3 Å². The van der Waals surface area contributed by atoms with Gasteiger partial charge in [-0.05, 0) is 43.7 Å². The van der Waals surface area contributed by atoms with Crippen molar-refractivity contribution in [3.63, 3.8) is 0 Å². The normalized spacial score (nSPS) is 10.6. The number of nitrogen functional groups attached to an aromatic ring is 1. The average Bonchev–Trinajstić information content (AvgIpc) is 2.50. The van der Waals surface area contributed by atoms with Crippen LogP contribution >= 0.6 is 11.3 Å². The summed E-state index contributed by atoms with van der Waals surface area (Å²) in [5.74, 6) is -0.214. The van der Waals surface area contributed by atoms with Crippen molar-refractivity contribution >= 4 is 17.0 Å². The average molecular weight is 221 g/mol. The minimum atomic E-state index is -0.214. The van der Waals surface area contributed by atoms with Crippen molar-refractivity contribution in [2.45, 2.75) is 13.8 Å². The Kier molecular flexibility index (Phi) is 2.49. The number of thiophene rings is 1. The first-order valence-corrected chi connectivity index (χ1v) is 5.52. The first-order valence-electron chi connectivity index (χ1n) is 4.70. The molecule has 0 bridgehead atoms. The van der Waals surface area contributed by atoms with Crippen LogP contribution < -0.4 is 5.73 Å². The fourth-order valence-electron chi connectivity index (χ4n) is 1.63. The van der Waals surface area contributed by atoms with E-state index in [9.17, 15) is 4.39 Å². The minimum Gasteiger partial charge on any atom is -0.399 e. The maximum absolute atomic E-state index is 13.6. The van der Waals surface area contributed by atoms with E-state index in [1.54, 1.807) is 23.5 Å². The van der Waals surface area contributed by atoms with Crippen LogP contribution in [-0.2, 0) is 0 Å². The van der Waals surface area contributed by atoms with Gasteiger partial charge in [0.25, 0.3) is 0 Å². The molecule has 0 saturated carbocycles. The molecule has 3 heteroatoms. The quantitative estimate of drug-likeness (QED) is 0.729. The van der Waals surface area contributed by atoms with Crippen molar-refractivity contribution < 1.29 is 4.39 Å². The lowest BCUT2D eigenvalue weighted by molar-refractivity contribution is 0.632. The number of anilines is 1. The van der Waals surface area contributed by atoms with E-state index in [-0.39, 0.29) is 5.82 Å². The molecular weight excluding hydrogens is 209 g/mol. The van der Waals surface area contributed by atoms with Gasteiger partial charge >= 0.3 is 0 Å². The van der Waals surface area contributed by atoms with E-state index >= 15 is 0 Å². The number of rotatable bonds is 1. The van der Waals surface area contributed by atoms with Crippen LogP contribution in [0.4, 0.5) is 10.1 Å². The van der Waals surface area contributed by atoms with Gasteiger partial charge in [0.1, 0.15) is 5.82 Å². The van der Waals surface area contributed by atoms with Crippen molar-refractivity contribution in [1.29, 1.82) is 0 Å². The monoisotopic (exact) mass is 221 g/mol. The predicted octanol–water partition coefficient (Wildman–Crippen LogP) is 3.75. The van der Waals surface area contributed by atoms with Crippen LogP contribution in [0.2, 0.25) is 0 Å². The molecule has 2 N–H and O–H groups in total. The summed E-state index contributed by atoms with van der Waals surface area (Å²) in [6.07, 6.45) is 0. The lowest BCUT2D eigenvalue weighted by atomic mass is 10.1. The molecule has 0 fully saturated rings. The molecule has 1 aromatic heterocycles. The van der Waals surface area contributed by atoms with Gasteiger partial charge in [-0.2, -0.15) is 0 Å². The zero-order valence-electron chi connectivity index (χ0n) is 8.67. The first kappa shape index (κ1) is 10.2. The Labute approximate surface area is 92.4 Å². The maximum atomic E-state index is 13.6. The van der Waals surface area contributed by atoms with Gasteiger partial charge in [-0.3, -0.25) is 0 Å². The molecule has 0 aliphatic carbocycles. The fraction of sp³-hybridized carbons (Fsp3) is 0.167. The van der Waals surface area contributed by atoms with E-state index in [2.05, 4.69) is 6.07 Å². The third kappa shape index (κ3) is 1.88. The van der Waals surface area contributed by atoms with Gasteiger partial charge in [0.2, 0.25) is 0 Å². The first-order chi connectivity index (χ1) is 7.08. The van der Waals surface area contributed by atoms with Crippen molar-refractivity contribution in [3.8, 4) is 10.4 Å². The van der Waals surface area contributed by atoms with Gasteiger partial charge in [0, 0.05) is 21.0 Å². The smallest absolute Gasteiger partial charge is 0.132 e. The Morgan fingerprint density at radius 2 is 1.93 bits per heavy atom. The highest BCUT2D eigenvalue weighted by Crippen LogP contribution is 2.34. The van der Waals surface area contributed by atoms with Crippen molar-refractivity contribution in [3.05, 3.63) is 40.5 Å². The lowest BCUT2D eigenvalue weighted by Gasteiger charge is -2.03. The molecule has 1 heterocycles. The van der Waals surface area contributed by atoms with Crippen LogP contribution in [0.1, 0.15) is 10.4 Å². The zero-order chi connectivity index (χ0) is 11.0. The summed E-state index contributed by atoms with van der Waals surface area (Å²) in [6.45, 7) is 4.01. The Morgan fingerprint density at radius 1 is 1.20 bits per heavy atom. The van der Waals surface area contributed by atoms with Crippen molar-refractivity contribution in [2.24, 2.45) is 0 Å². The SMILES string of the molecule is Cc1cc(C)c(-c2cc(N)ccc2F)s1. The summed E-state index contributed by atoms with van der Waals surface area (Å²) in [5.41, 5.74) is 7.96. The second kappa shape index (κ2) is 3.66. The third-order valence-electron chi connectivity index (χ3n) is 2.28. The molecule has 0 amide bonds. The Morgan fingerprint density at radius 3 is 2.53 bits per heavy atom. The Hall–Kier alpha value is -1.35. The molecule has 15 heavy (non-hydrogen) atoms. The topological polar surface area (TPSA) is 26.0 Å². The highest BCUT2D eigenvalue weighted by molar-refractivity contribution is 7.15. The number of hydrogen-bond acceptors (Lipinski definition) is 2. The summed E-state index contributed by atoms with van der Waals surface area (Å²) in [6, 6.07) is 6.74. The Bertz CT molecular complexity index is 502. The largest absolute Gasteiger partial charge is 0.399 e. The molecule has 0 saturated heterocycles. The van der Waals surface area contributed by atoms with Crippen LogP contribution in [0.25, 0.3) is 10.4 Å². The molecule has 1 nitrogen and oxygen atoms in total. The van der Waals surface area contributed by atoms with E-state index in [1.807, 2.05) is 13.8 Å². The molecule has 0 unspecified atom stereocenters.